The summed E-state index contributed by atoms with van der Waals surface area (Å²) >= 11 is 0. The number of nitrogens with zero attached hydrogens (tertiary/aromatic N) is 4. The highest BCUT2D eigenvalue weighted by Gasteiger charge is 2.33. The van der Waals surface area contributed by atoms with Gasteiger partial charge < -0.3 is 15.1 Å². The number of pyridine rings is 1. The van der Waals surface area contributed by atoms with Crippen LogP contribution in [-0.4, -0.2) is 52.9 Å². The number of hydrogen-bond donors (Lipinski definition) is 1. The molecule has 1 unspecified atom stereocenters. The van der Waals surface area contributed by atoms with Gasteiger partial charge in [0.1, 0.15) is 5.82 Å². The van der Waals surface area contributed by atoms with Gasteiger partial charge in [-0.15, -0.1) is 0 Å². The number of halogens is 3. The van der Waals surface area contributed by atoms with Crippen molar-refractivity contribution in [3.05, 3.63) is 95.1 Å². The fraction of sp³-hybridized carbons (Fsp3) is 0.324. The molecule has 0 spiro atoms. The third-order valence-electron chi connectivity index (χ3n) is 8.17. The fourth-order valence-electron chi connectivity index (χ4n) is 5.77. The maximum absolute atomic E-state index is 14.2. The van der Waals surface area contributed by atoms with E-state index in [0.29, 0.717) is 34.4 Å². The summed E-state index contributed by atoms with van der Waals surface area (Å²) in [4.78, 5) is 23.2. The Morgan fingerprint density at radius 1 is 1.05 bits per heavy atom. The smallest absolute Gasteiger partial charge is 0.366 e. The molecule has 9 heteroatoms. The van der Waals surface area contributed by atoms with Gasteiger partial charge in [-0.2, -0.15) is 18.4 Å². The summed E-state index contributed by atoms with van der Waals surface area (Å²) in [5.41, 5.74) is 2.73. The number of aromatic nitrogens is 1. The molecule has 1 fully saturated rings. The summed E-state index contributed by atoms with van der Waals surface area (Å²) in [6, 6.07) is 22.2. The van der Waals surface area contributed by atoms with E-state index < -0.39 is 11.7 Å². The number of anilines is 1. The molecule has 43 heavy (non-hydrogen) atoms. The Bertz CT molecular complexity index is 1640. The van der Waals surface area contributed by atoms with E-state index in [1.165, 1.54) is 12.1 Å². The molecule has 222 valence electrons. The van der Waals surface area contributed by atoms with Crippen molar-refractivity contribution >= 4 is 22.6 Å². The molecule has 0 aliphatic carbocycles. The summed E-state index contributed by atoms with van der Waals surface area (Å²) < 4.78 is 40.8. The predicted octanol–water partition coefficient (Wildman–Crippen LogP) is 7.35. The standard InChI is InChI=1S/C34H34F3N5O/c1-3-41(4-2)22-27-9-7-17-42(27)33(43)29-19-32(39-21-26-8-5-6-10-30(26)34(35,36)37)40-31-16-15-25(18-28(29)31)24-13-11-23(20-38)12-14-24/h5-6,8,10-16,18-19,27H,3-4,7,9,17,21-22H2,1-2H3,(H,39,40). The summed E-state index contributed by atoms with van der Waals surface area (Å²) in [6.45, 7) is 7.35. The Kier molecular flexibility index (Phi) is 8.97. The van der Waals surface area contributed by atoms with Crippen LogP contribution in [0, 0.1) is 11.3 Å². The Labute approximate surface area is 249 Å². The number of amides is 1. The van der Waals surface area contributed by atoms with Crippen LogP contribution >= 0.6 is 0 Å². The van der Waals surface area contributed by atoms with E-state index in [0.717, 1.165) is 49.7 Å². The van der Waals surface area contributed by atoms with Gasteiger partial charge in [0.15, 0.2) is 0 Å². The zero-order chi connectivity index (χ0) is 30.6. The lowest BCUT2D eigenvalue weighted by Gasteiger charge is -2.30. The number of hydrogen-bond acceptors (Lipinski definition) is 5. The number of nitrogens with one attached hydrogen (secondary N) is 1. The summed E-state index contributed by atoms with van der Waals surface area (Å²) in [6.07, 6.45) is -2.65. The van der Waals surface area contributed by atoms with Crippen LogP contribution in [0.25, 0.3) is 22.0 Å². The molecule has 0 radical (unpaired) electrons. The maximum Gasteiger partial charge on any atom is 0.416 e. The van der Waals surface area contributed by atoms with Crippen molar-refractivity contribution in [2.45, 2.75) is 45.5 Å². The Hall–Kier alpha value is -4.42. The van der Waals surface area contributed by atoms with E-state index in [1.54, 1.807) is 24.3 Å². The zero-order valence-corrected chi connectivity index (χ0v) is 24.3. The van der Waals surface area contributed by atoms with Gasteiger partial charge in [-0.1, -0.05) is 50.2 Å². The van der Waals surface area contributed by atoms with E-state index >= 15 is 0 Å². The lowest BCUT2D eigenvalue weighted by Crippen LogP contribution is -2.43. The lowest BCUT2D eigenvalue weighted by atomic mass is 9.99. The second-order valence-corrected chi connectivity index (χ2v) is 10.8. The van der Waals surface area contributed by atoms with Crippen LogP contribution in [0.2, 0.25) is 0 Å². The molecule has 1 saturated heterocycles. The Morgan fingerprint density at radius 2 is 1.77 bits per heavy atom. The molecule has 0 bridgehead atoms. The number of benzene rings is 3. The van der Waals surface area contributed by atoms with Gasteiger partial charge >= 0.3 is 6.18 Å². The number of likely N-dealkylation sites (N-methyl/N-ethyl adjacent to an activating group) is 1. The number of carbonyl (C=O) groups excluding carboxylic acids is 1. The van der Waals surface area contributed by atoms with Crippen LogP contribution in [-0.2, 0) is 12.7 Å². The average Bonchev–Trinajstić information content (AvgIpc) is 3.49. The molecule has 1 N–H and O–H groups in total. The number of carbonyl (C=O) groups is 1. The van der Waals surface area contributed by atoms with Crippen molar-refractivity contribution in [1.82, 2.24) is 14.8 Å². The largest absolute Gasteiger partial charge is 0.416 e. The first-order valence-corrected chi connectivity index (χ1v) is 14.6. The molecule has 1 atom stereocenters. The van der Waals surface area contributed by atoms with Gasteiger partial charge in [0.05, 0.1) is 28.3 Å². The minimum absolute atomic E-state index is 0.0763. The minimum Gasteiger partial charge on any atom is -0.366 e. The third-order valence-corrected chi connectivity index (χ3v) is 8.17. The molecule has 3 aromatic carbocycles. The first-order chi connectivity index (χ1) is 20.7. The van der Waals surface area contributed by atoms with Crippen molar-refractivity contribution in [3.63, 3.8) is 0 Å². The van der Waals surface area contributed by atoms with Crippen LogP contribution < -0.4 is 5.32 Å². The molecular weight excluding hydrogens is 551 g/mol. The molecule has 6 nitrogen and oxygen atoms in total. The van der Waals surface area contributed by atoms with Crippen LogP contribution in [0.5, 0.6) is 0 Å². The molecule has 1 aliphatic rings. The number of likely N-dealkylation sites (tertiary alicyclic amines) is 1. The summed E-state index contributed by atoms with van der Waals surface area (Å²) in [5, 5.41) is 12.9. The van der Waals surface area contributed by atoms with Gasteiger partial charge in [-0.25, -0.2) is 4.98 Å². The number of alkyl halides is 3. The highest BCUT2D eigenvalue weighted by Crippen LogP contribution is 2.33. The van der Waals surface area contributed by atoms with Gasteiger partial charge in [0, 0.05) is 31.1 Å². The third kappa shape index (κ3) is 6.65. The normalized spacial score (nSPS) is 15.2. The fourth-order valence-corrected chi connectivity index (χ4v) is 5.77. The first-order valence-electron chi connectivity index (χ1n) is 14.6. The Balaban J connectivity index is 1.54. The van der Waals surface area contributed by atoms with Crippen molar-refractivity contribution in [2.75, 3.05) is 31.5 Å². The van der Waals surface area contributed by atoms with Crippen molar-refractivity contribution in [1.29, 1.82) is 5.26 Å². The van der Waals surface area contributed by atoms with Gasteiger partial charge in [-0.3, -0.25) is 4.79 Å². The highest BCUT2D eigenvalue weighted by molar-refractivity contribution is 6.08. The lowest BCUT2D eigenvalue weighted by molar-refractivity contribution is -0.138. The van der Waals surface area contributed by atoms with E-state index in [2.05, 4.69) is 30.1 Å². The van der Waals surface area contributed by atoms with Crippen LogP contribution in [0.1, 0.15) is 53.7 Å². The first kappa shape index (κ1) is 30.1. The molecule has 2 heterocycles. The highest BCUT2D eigenvalue weighted by atomic mass is 19.4. The second-order valence-electron chi connectivity index (χ2n) is 10.8. The van der Waals surface area contributed by atoms with Crippen LogP contribution in [0.3, 0.4) is 0 Å². The monoisotopic (exact) mass is 585 g/mol. The van der Waals surface area contributed by atoms with E-state index in [4.69, 9.17) is 4.98 Å². The number of nitriles is 1. The van der Waals surface area contributed by atoms with E-state index in [1.807, 2.05) is 35.2 Å². The Morgan fingerprint density at radius 3 is 2.47 bits per heavy atom. The minimum atomic E-state index is -4.48. The maximum atomic E-state index is 14.2. The quantitative estimate of drug-likeness (QED) is 0.222. The van der Waals surface area contributed by atoms with Crippen molar-refractivity contribution < 1.29 is 18.0 Å². The number of fused-ring (bicyclic) bond motifs is 1. The molecule has 5 rings (SSSR count). The molecule has 0 saturated carbocycles. The SMILES string of the molecule is CCN(CC)CC1CCCN1C(=O)c1cc(NCc2ccccc2C(F)(F)F)nc2ccc(-c3ccc(C#N)cc3)cc12. The molecule has 1 amide bonds. The zero-order valence-electron chi connectivity index (χ0n) is 24.3. The average molecular weight is 586 g/mol. The summed E-state index contributed by atoms with van der Waals surface area (Å²) in [5.74, 6) is 0.219. The molecular formula is C34H34F3N5O. The van der Waals surface area contributed by atoms with Gasteiger partial charge in [0.25, 0.3) is 5.91 Å². The molecule has 1 aromatic heterocycles. The number of rotatable bonds is 9. The predicted molar refractivity (Wildman–Crippen MR) is 163 cm³/mol. The van der Waals surface area contributed by atoms with Gasteiger partial charge in [-0.05, 0) is 79.0 Å². The van der Waals surface area contributed by atoms with Gasteiger partial charge in [0.2, 0.25) is 0 Å². The van der Waals surface area contributed by atoms with Crippen molar-refractivity contribution in [3.8, 4) is 17.2 Å². The summed E-state index contributed by atoms with van der Waals surface area (Å²) in [7, 11) is 0. The van der Waals surface area contributed by atoms with Crippen LogP contribution in [0.4, 0.5) is 19.0 Å². The second kappa shape index (κ2) is 12.8. The molecule has 1 aliphatic heterocycles. The van der Waals surface area contributed by atoms with Crippen LogP contribution in [0.15, 0.2) is 72.8 Å². The topological polar surface area (TPSA) is 72.3 Å². The van der Waals surface area contributed by atoms with E-state index in [9.17, 15) is 23.2 Å². The van der Waals surface area contributed by atoms with E-state index in [-0.39, 0.29) is 24.1 Å². The van der Waals surface area contributed by atoms with Crippen molar-refractivity contribution in [2.24, 2.45) is 0 Å². The molecule has 4 aromatic rings.